The molecule has 9 heteroatoms. The van der Waals surface area contributed by atoms with Gasteiger partial charge in [0.05, 0.1) is 24.8 Å². The third-order valence-corrected chi connectivity index (χ3v) is 4.56. The highest BCUT2D eigenvalue weighted by molar-refractivity contribution is 5.66. The second-order valence-electron chi connectivity index (χ2n) is 6.30. The van der Waals surface area contributed by atoms with Gasteiger partial charge in [0.1, 0.15) is 11.6 Å². The van der Waals surface area contributed by atoms with E-state index < -0.39 is 40.9 Å². The molecule has 0 radical (unpaired) electrons. The average molecular weight is 408 g/mol. The van der Waals surface area contributed by atoms with Crippen molar-refractivity contribution in [3.8, 4) is 16.9 Å². The molecular formula is C20H16F4N2O3. The van der Waals surface area contributed by atoms with Crippen LogP contribution in [0.1, 0.15) is 16.8 Å². The van der Waals surface area contributed by atoms with Gasteiger partial charge in [0.25, 0.3) is 5.56 Å². The van der Waals surface area contributed by atoms with Gasteiger partial charge in [-0.05, 0) is 36.8 Å². The monoisotopic (exact) mass is 408 g/mol. The Balaban J connectivity index is 2.21. The Hall–Kier alpha value is -3.36. The van der Waals surface area contributed by atoms with Crippen molar-refractivity contribution in [1.82, 2.24) is 9.55 Å². The molecule has 0 saturated carbocycles. The second-order valence-corrected chi connectivity index (χ2v) is 6.30. The zero-order valence-electron chi connectivity index (χ0n) is 15.4. The number of aromatic amines is 1. The van der Waals surface area contributed by atoms with Crippen LogP contribution in [0, 0.1) is 12.7 Å². The molecule has 1 heterocycles. The number of hydrogen-bond donors (Lipinski definition) is 1. The van der Waals surface area contributed by atoms with Gasteiger partial charge >= 0.3 is 11.9 Å². The summed E-state index contributed by atoms with van der Waals surface area (Å²) in [5.74, 6) is -0.646. The van der Waals surface area contributed by atoms with Crippen LogP contribution >= 0.6 is 0 Å². The van der Waals surface area contributed by atoms with Crippen molar-refractivity contribution < 1.29 is 22.3 Å². The van der Waals surface area contributed by atoms with Crippen LogP contribution < -0.4 is 16.0 Å². The van der Waals surface area contributed by atoms with E-state index in [2.05, 4.69) is 4.98 Å². The van der Waals surface area contributed by atoms with Gasteiger partial charge in [-0.3, -0.25) is 14.3 Å². The molecule has 5 nitrogen and oxygen atoms in total. The highest BCUT2D eigenvalue weighted by atomic mass is 19.4. The summed E-state index contributed by atoms with van der Waals surface area (Å²) in [5, 5.41) is 0. The number of methoxy groups -OCH3 is 1. The minimum atomic E-state index is -4.80. The zero-order valence-corrected chi connectivity index (χ0v) is 15.4. The van der Waals surface area contributed by atoms with E-state index in [9.17, 15) is 27.2 Å². The molecule has 0 bridgehead atoms. The molecular weight excluding hydrogens is 392 g/mol. The fraction of sp³-hybridized carbons (Fsp3) is 0.200. The lowest BCUT2D eigenvalue weighted by Gasteiger charge is -2.17. The van der Waals surface area contributed by atoms with Crippen molar-refractivity contribution in [2.45, 2.75) is 19.6 Å². The highest BCUT2D eigenvalue weighted by Crippen LogP contribution is 2.33. The maximum Gasteiger partial charge on any atom is 0.416 e. The number of halogens is 4. The molecule has 0 unspecified atom stereocenters. The molecule has 2 aromatic carbocycles. The summed E-state index contributed by atoms with van der Waals surface area (Å²) < 4.78 is 60.1. The van der Waals surface area contributed by atoms with E-state index in [0.29, 0.717) is 11.3 Å². The Morgan fingerprint density at radius 3 is 2.45 bits per heavy atom. The topological polar surface area (TPSA) is 64.1 Å². The molecule has 0 spiro atoms. The van der Waals surface area contributed by atoms with Crippen molar-refractivity contribution in [2.24, 2.45) is 0 Å². The van der Waals surface area contributed by atoms with Gasteiger partial charge in [0, 0.05) is 11.3 Å². The lowest BCUT2D eigenvalue weighted by molar-refractivity contribution is -0.138. The Morgan fingerprint density at radius 1 is 1.10 bits per heavy atom. The van der Waals surface area contributed by atoms with E-state index in [1.54, 1.807) is 24.3 Å². The first-order chi connectivity index (χ1) is 13.6. The summed E-state index contributed by atoms with van der Waals surface area (Å²) in [6.07, 6.45) is -4.80. The first-order valence-electron chi connectivity index (χ1n) is 8.46. The Labute approximate surface area is 162 Å². The average Bonchev–Trinajstić information content (AvgIpc) is 2.65. The number of hydrogen-bond acceptors (Lipinski definition) is 3. The third kappa shape index (κ3) is 3.94. The fourth-order valence-electron chi connectivity index (χ4n) is 3.13. The minimum Gasteiger partial charge on any atom is -0.497 e. The van der Waals surface area contributed by atoms with E-state index in [1.807, 2.05) is 0 Å². The first kappa shape index (κ1) is 20.4. The van der Waals surface area contributed by atoms with Crippen LogP contribution in [-0.4, -0.2) is 16.7 Å². The van der Waals surface area contributed by atoms with Crippen molar-refractivity contribution >= 4 is 0 Å². The van der Waals surface area contributed by atoms with Gasteiger partial charge in [0.15, 0.2) is 0 Å². The summed E-state index contributed by atoms with van der Waals surface area (Å²) in [4.78, 5) is 26.8. The molecule has 3 rings (SSSR count). The number of nitrogens with zero attached hydrogens (tertiary/aromatic N) is 1. The maximum atomic E-state index is 14.2. The van der Waals surface area contributed by atoms with Gasteiger partial charge in [0.2, 0.25) is 0 Å². The van der Waals surface area contributed by atoms with E-state index in [4.69, 9.17) is 4.74 Å². The van der Waals surface area contributed by atoms with Crippen molar-refractivity contribution in [1.29, 1.82) is 0 Å². The van der Waals surface area contributed by atoms with Crippen LogP contribution in [0.2, 0.25) is 0 Å². The number of nitrogens with one attached hydrogen (secondary N) is 1. The predicted molar refractivity (Wildman–Crippen MR) is 98.6 cm³/mol. The van der Waals surface area contributed by atoms with Crippen LogP contribution in [0.15, 0.2) is 52.1 Å². The van der Waals surface area contributed by atoms with Crippen LogP contribution in [0.3, 0.4) is 0 Å². The highest BCUT2D eigenvalue weighted by Gasteiger charge is 2.34. The number of aromatic nitrogens is 2. The second kappa shape index (κ2) is 7.57. The zero-order chi connectivity index (χ0) is 21.3. The number of H-pyrrole nitrogens is 1. The summed E-state index contributed by atoms with van der Waals surface area (Å²) in [5.41, 5.74) is -2.93. The first-order valence-corrected chi connectivity index (χ1v) is 8.46. The molecule has 0 aliphatic carbocycles. The third-order valence-electron chi connectivity index (χ3n) is 4.56. The molecule has 0 amide bonds. The fourth-order valence-corrected chi connectivity index (χ4v) is 3.13. The van der Waals surface area contributed by atoms with E-state index in [-0.39, 0.29) is 11.3 Å². The van der Waals surface area contributed by atoms with E-state index >= 15 is 0 Å². The van der Waals surface area contributed by atoms with Gasteiger partial charge in [-0.2, -0.15) is 13.2 Å². The summed E-state index contributed by atoms with van der Waals surface area (Å²) in [6, 6.07) is 9.01. The Kier molecular flexibility index (Phi) is 5.32. The van der Waals surface area contributed by atoms with Gasteiger partial charge < -0.3 is 4.74 Å². The Bertz CT molecular complexity index is 1180. The van der Waals surface area contributed by atoms with Crippen LogP contribution in [-0.2, 0) is 12.7 Å². The van der Waals surface area contributed by atoms with Gasteiger partial charge in [-0.25, -0.2) is 9.18 Å². The molecule has 152 valence electrons. The largest absolute Gasteiger partial charge is 0.497 e. The molecule has 0 saturated heterocycles. The lowest BCUT2D eigenvalue weighted by Crippen LogP contribution is -2.34. The quantitative estimate of drug-likeness (QED) is 0.670. The molecule has 0 fully saturated rings. The molecule has 0 atom stereocenters. The van der Waals surface area contributed by atoms with Gasteiger partial charge in [-0.15, -0.1) is 0 Å². The summed E-state index contributed by atoms with van der Waals surface area (Å²) >= 11 is 0. The molecule has 1 aromatic heterocycles. The standard InChI is InChI=1S/C20H16F4N2O3/c1-11-17(12-5-3-6-13(9-12)29-2)18(27)25-19(28)26(11)10-14-15(20(22,23)24)7-4-8-16(14)21/h3-9H,10H2,1-2H3,(H,25,27,28). The van der Waals surface area contributed by atoms with Crippen LogP contribution in [0.4, 0.5) is 17.6 Å². The Morgan fingerprint density at radius 2 is 1.79 bits per heavy atom. The smallest absolute Gasteiger partial charge is 0.416 e. The lowest BCUT2D eigenvalue weighted by atomic mass is 10.0. The molecule has 0 aliphatic rings. The van der Waals surface area contributed by atoms with E-state index in [0.717, 1.165) is 22.8 Å². The number of benzene rings is 2. The van der Waals surface area contributed by atoms with Crippen molar-refractivity contribution in [3.05, 3.63) is 85.9 Å². The molecule has 1 N–H and O–H groups in total. The van der Waals surface area contributed by atoms with Crippen molar-refractivity contribution in [2.75, 3.05) is 7.11 Å². The maximum absolute atomic E-state index is 14.2. The number of alkyl halides is 3. The predicted octanol–water partition coefficient (Wildman–Crippen LogP) is 3.73. The SMILES string of the molecule is COc1cccc(-c2c(C)n(Cc3c(F)cccc3C(F)(F)F)c(=O)[nH]c2=O)c1. The van der Waals surface area contributed by atoms with Crippen LogP contribution in [0.5, 0.6) is 5.75 Å². The molecule has 3 aromatic rings. The van der Waals surface area contributed by atoms with Crippen LogP contribution in [0.25, 0.3) is 11.1 Å². The minimum absolute atomic E-state index is 0.0772. The summed E-state index contributed by atoms with van der Waals surface area (Å²) in [6.45, 7) is 0.722. The summed E-state index contributed by atoms with van der Waals surface area (Å²) in [7, 11) is 1.44. The molecule has 0 aliphatic heterocycles. The van der Waals surface area contributed by atoms with E-state index in [1.165, 1.54) is 14.0 Å². The normalized spacial score (nSPS) is 11.5. The van der Waals surface area contributed by atoms with Gasteiger partial charge in [-0.1, -0.05) is 18.2 Å². The number of ether oxygens (including phenoxy) is 1. The number of rotatable bonds is 4. The molecule has 29 heavy (non-hydrogen) atoms. The van der Waals surface area contributed by atoms with Crippen molar-refractivity contribution in [3.63, 3.8) is 0 Å².